The first-order chi connectivity index (χ1) is 26.4. The van der Waals surface area contributed by atoms with Crippen LogP contribution in [-0.4, -0.2) is 86.7 Å². The van der Waals surface area contributed by atoms with E-state index in [1.807, 2.05) is 0 Å². The lowest BCUT2D eigenvalue weighted by molar-refractivity contribution is -0.432. The van der Waals surface area contributed by atoms with E-state index in [2.05, 4.69) is 28.9 Å². The topological polar surface area (TPSA) is 312 Å². The molecule has 0 aliphatic carbocycles. The summed E-state index contributed by atoms with van der Waals surface area (Å²) >= 11 is 0.902. The zero-order valence-electron chi connectivity index (χ0n) is 28.6. The highest BCUT2D eigenvalue weighted by Gasteiger charge is 2.36. The zero-order valence-corrected chi connectivity index (χ0v) is 31.9. The van der Waals surface area contributed by atoms with Crippen LogP contribution >= 0.6 is 24.1 Å². The number of benzene rings is 2. The summed E-state index contributed by atoms with van der Waals surface area (Å²) in [5.74, 6) is -2.21. The van der Waals surface area contributed by atoms with Crippen LogP contribution in [0.1, 0.15) is 31.0 Å². The van der Waals surface area contributed by atoms with E-state index < -0.39 is 53.7 Å². The summed E-state index contributed by atoms with van der Waals surface area (Å²) in [5, 5.41) is 44.4. The Morgan fingerprint density at radius 2 is 1.55 bits per heavy atom. The minimum Gasteiger partial charge on any atom is -0.493 e. The van der Waals surface area contributed by atoms with E-state index in [1.54, 1.807) is 0 Å². The summed E-state index contributed by atoms with van der Waals surface area (Å²) in [5.41, 5.74) is 5.17. The Bertz CT molecular complexity index is 2380. The number of hydrazone groups is 1. The number of aromatic nitrogens is 2. The first kappa shape index (κ1) is 42.5. The smallest absolute Gasteiger partial charge is 0.296 e. The van der Waals surface area contributed by atoms with Crippen LogP contribution in [0.3, 0.4) is 0 Å². The minimum atomic E-state index is -4.94. The van der Waals surface area contributed by atoms with Gasteiger partial charge in [-0.1, -0.05) is 10.1 Å². The molecular weight excluding hydrogens is 829 g/mol. The van der Waals surface area contributed by atoms with Gasteiger partial charge in [-0.2, -0.15) is 31.6 Å². The van der Waals surface area contributed by atoms with Crippen LogP contribution in [0.15, 0.2) is 90.6 Å². The molecule has 1 aromatic heterocycles. The predicted octanol–water partition coefficient (Wildman–Crippen LogP) is 3.36. The molecule has 7 N–H and O–H groups in total. The van der Waals surface area contributed by atoms with Crippen molar-refractivity contribution in [1.82, 2.24) is 14.7 Å². The molecule has 1 saturated heterocycles. The summed E-state index contributed by atoms with van der Waals surface area (Å²) < 4.78 is 83.9. The Morgan fingerprint density at radius 1 is 0.964 bits per heavy atom. The van der Waals surface area contributed by atoms with Crippen molar-refractivity contribution in [1.29, 1.82) is 0 Å². The Kier molecular flexibility index (Phi) is 13.4. The van der Waals surface area contributed by atoms with E-state index in [0.29, 0.717) is 35.5 Å². The number of amides is 2. The second-order valence-electron chi connectivity index (χ2n) is 11.4. The van der Waals surface area contributed by atoms with Crippen LogP contribution < -0.4 is 10.7 Å². The predicted molar refractivity (Wildman–Crippen MR) is 193 cm³/mol. The fraction of sp³-hybridized carbons (Fsp3) is 0.200. The van der Waals surface area contributed by atoms with Gasteiger partial charge >= 0.3 is 0 Å². The van der Waals surface area contributed by atoms with Gasteiger partial charge in [0.2, 0.25) is 17.7 Å². The highest BCUT2D eigenvalue weighted by atomic mass is 32.2. The number of likely N-dealkylation sites (tertiary alicyclic amines) is 1. The third-order valence-corrected chi connectivity index (χ3v) is 10.6. The number of hydrogen-bond donors (Lipinski definition) is 6. The molecule has 0 radical (unpaired) electrons. The SMILES string of the molecule is Cc1nn(-c2cc(SOOO)ccc2S(=O)(=O)O)c(O)c1C=CC(=C/C=C1\C(=O)N(c2cc(SOOO)ccc2S(=O)(=O)O)N=C1OC(C)N)N1CCCC1=O. The summed E-state index contributed by atoms with van der Waals surface area (Å²) in [7, 11) is -9.79. The first-order valence-electron chi connectivity index (χ1n) is 15.5. The molecule has 2 amide bonds. The van der Waals surface area contributed by atoms with Crippen molar-refractivity contribution >= 4 is 73.8 Å². The third kappa shape index (κ3) is 9.64. The first-order valence-corrected chi connectivity index (χ1v) is 19.9. The van der Waals surface area contributed by atoms with Gasteiger partial charge in [-0.05, 0) is 81.0 Å². The van der Waals surface area contributed by atoms with Gasteiger partial charge in [0.1, 0.15) is 21.6 Å². The molecule has 22 nitrogen and oxygen atoms in total. The van der Waals surface area contributed by atoms with Crippen LogP contribution in [0.4, 0.5) is 5.69 Å². The largest absolute Gasteiger partial charge is 0.493 e. The molecule has 3 aromatic rings. The molecule has 0 bridgehead atoms. The fourth-order valence-corrected chi connectivity index (χ4v) is 7.41. The summed E-state index contributed by atoms with van der Waals surface area (Å²) in [6.07, 6.45) is 4.95. The molecule has 5 rings (SSSR count). The molecule has 0 saturated carbocycles. The number of hydrogen-bond acceptors (Lipinski definition) is 19. The van der Waals surface area contributed by atoms with E-state index >= 15 is 0 Å². The minimum absolute atomic E-state index is 0.0428. The average molecular weight is 859 g/mol. The van der Waals surface area contributed by atoms with E-state index in [1.165, 1.54) is 61.3 Å². The molecular formula is C30H30N6O16S4. The highest BCUT2D eigenvalue weighted by molar-refractivity contribution is 7.94. The molecule has 1 atom stereocenters. The van der Waals surface area contributed by atoms with Crippen molar-refractivity contribution in [2.24, 2.45) is 10.8 Å². The Balaban J connectivity index is 1.59. The van der Waals surface area contributed by atoms with Crippen molar-refractivity contribution in [2.45, 2.75) is 52.5 Å². The van der Waals surface area contributed by atoms with Crippen LogP contribution in [0, 0.1) is 6.92 Å². The normalized spacial score (nSPS) is 16.8. The van der Waals surface area contributed by atoms with E-state index in [4.69, 9.17) is 21.0 Å². The maximum Gasteiger partial charge on any atom is 0.296 e. The summed E-state index contributed by atoms with van der Waals surface area (Å²) in [6.45, 7) is 3.16. The Hall–Kier alpha value is -4.68. The number of ether oxygens (including phenoxy) is 1. The molecule has 300 valence electrons. The monoisotopic (exact) mass is 858 g/mol. The fourth-order valence-electron chi connectivity index (χ4n) is 5.32. The lowest BCUT2D eigenvalue weighted by Gasteiger charge is -2.17. The van der Waals surface area contributed by atoms with Gasteiger partial charge in [-0.3, -0.25) is 24.4 Å². The van der Waals surface area contributed by atoms with Gasteiger partial charge in [0.25, 0.3) is 26.1 Å². The van der Waals surface area contributed by atoms with Crippen molar-refractivity contribution in [3.8, 4) is 11.6 Å². The van der Waals surface area contributed by atoms with Crippen molar-refractivity contribution < 1.29 is 74.6 Å². The average Bonchev–Trinajstić information content (AvgIpc) is 3.78. The maximum absolute atomic E-state index is 13.9. The van der Waals surface area contributed by atoms with Crippen LogP contribution in [0.25, 0.3) is 11.8 Å². The third-order valence-electron chi connectivity index (χ3n) is 7.64. The van der Waals surface area contributed by atoms with Crippen molar-refractivity contribution in [3.63, 3.8) is 0 Å². The number of aromatic hydroxyl groups is 1. The van der Waals surface area contributed by atoms with Gasteiger partial charge in [0, 0.05) is 28.5 Å². The second kappa shape index (κ2) is 17.6. The summed E-state index contributed by atoms with van der Waals surface area (Å²) in [6, 6.07) is 6.62. The van der Waals surface area contributed by atoms with Gasteiger partial charge in [-0.25, -0.2) is 10.5 Å². The second-order valence-corrected chi connectivity index (χ2v) is 15.7. The standard InChI is InChI=1S/C30H30N6O16S4/c1-16-21(29(38)35(32-16)23-14-19(53-51-49-40)7-11-25(23)55(42,43)44)9-5-18(34-13-3-4-27(34)37)6-10-22-28(48-17(2)31)33-36(30(22)39)24-15-20(54-52-50-41)8-12-26(24)56(45,46)47/h5-12,14-15,17,38,40-41H,3-4,13,31H2,1-2H3,(H,42,43,44)(H,45,46,47)/b9-5?,18-6?,22-10-. The maximum atomic E-state index is 13.9. The van der Waals surface area contributed by atoms with Crippen LogP contribution in [0.5, 0.6) is 5.88 Å². The molecule has 3 heterocycles. The molecule has 26 heteroatoms. The van der Waals surface area contributed by atoms with E-state index in [-0.39, 0.29) is 62.8 Å². The van der Waals surface area contributed by atoms with Crippen molar-refractivity contribution in [2.75, 3.05) is 11.6 Å². The number of nitrogens with zero attached hydrogens (tertiary/aromatic N) is 5. The van der Waals surface area contributed by atoms with Crippen LogP contribution in [0.2, 0.25) is 0 Å². The molecule has 0 spiro atoms. The zero-order chi connectivity index (χ0) is 40.9. The quantitative estimate of drug-likeness (QED) is 0.0243. The lowest BCUT2D eigenvalue weighted by Crippen LogP contribution is -2.26. The number of anilines is 1. The van der Waals surface area contributed by atoms with Crippen molar-refractivity contribution in [3.05, 3.63) is 77.2 Å². The van der Waals surface area contributed by atoms with Gasteiger partial charge < -0.3 is 14.7 Å². The highest BCUT2D eigenvalue weighted by Crippen LogP contribution is 2.36. The molecule has 2 aromatic carbocycles. The molecule has 2 aliphatic heterocycles. The number of allylic oxidation sites excluding steroid dienone is 3. The van der Waals surface area contributed by atoms with E-state index in [0.717, 1.165) is 22.9 Å². The Labute approximate surface area is 325 Å². The van der Waals surface area contributed by atoms with Gasteiger partial charge in [0.05, 0.1) is 46.7 Å². The lowest BCUT2D eigenvalue weighted by atomic mass is 10.1. The Morgan fingerprint density at radius 3 is 2.09 bits per heavy atom. The number of aryl methyl sites for hydroxylation is 1. The van der Waals surface area contributed by atoms with Crippen LogP contribution in [-0.2, 0) is 53.3 Å². The van der Waals surface area contributed by atoms with Gasteiger partial charge in [0.15, 0.2) is 0 Å². The van der Waals surface area contributed by atoms with E-state index in [9.17, 15) is 40.6 Å². The molecule has 2 aliphatic rings. The molecule has 1 fully saturated rings. The number of rotatable bonds is 15. The number of carbonyl (C=O) groups is 2. The number of carbonyl (C=O) groups excluding carboxylic acids is 2. The number of nitrogens with two attached hydrogens (primary N) is 1. The molecule has 56 heavy (non-hydrogen) atoms. The summed E-state index contributed by atoms with van der Waals surface area (Å²) in [4.78, 5) is 27.1. The van der Waals surface area contributed by atoms with Gasteiger partial charge in [-0.15, -0.1) is 13.8 Å². The molecule has 1 unspecified atom stereocenters.